The average molecular weight is 162 g/mol. The van der Waals surface area contributed by atoms with Crippen LogP contribution in [0.1, 0.15) is 16.7 Å². The molecule has 0 bridgehead atoms. The van der Waals surface area contributed by atoms with Crippen molar-refractivity contribution >= 4 is 0 Å². The Morgan fingerprint density at radius 1 is 1.33 bits per heavy atom. The molecule has 1 aromatic rings. The summed E-state index contributed by atoms with van der Waals surface area (Å²) in [5, 5.41) is 9.42. The molecule has 0 amide bonds. The van der Waals surface area contributed by atoms with Crippen LogP contribution in [0.4, 0.5) is 0 Å². The molecule has 0 aliphatic carbocycles. The Morgan fingerprint density at radius 2 is 2.00 bits per heavy atom. The van der Waals surface area contributed by atoms with Crippen molar-refractivity contribution in [1.82, 2.24) is 0 Å². The minimum absolute atomic E-state index is 0.373. The molecule has 0 spiro atoms. The number of phenolic OH excluding ortho intramolecular Hbond substituents is 1. The van der Waals surface area contributed by atoms with E-state index in [1.807, 2.05) is 32.1 Å². The minimum atomic E-state index is 0.373. The van der Waals surface area contributed by atoms with Crippen molar-refractivity contribution < 1.29 is 5.11 Å². The first-order valence-corrected chi connectivity index (χ1v) is 4.05. The van der Waals surface area contributed by atoms with E-state index in [2.05, 4.69) is 6.58 Å². The summed E-state index contributed by atoms with van der Waals surface area (Å²) < 4.78 is 0. The minimum Gasteiger partial charge on any atom is -0.508 e. The van der Waals surface area contributed by atoms with Gasteiger partial charge in [-0.05, 0) is 43.0 Å². The van der Waals surface area contributed by atoms with Gasteiger partial charge in [0.15, 0.2) is 0 Å². The van der Waals surface area contributed by atoms with Gasteiger partial charge in [0.25, 0.3) is 0 Å². The van der Waals surface area contributed by atoms with Crippen LogP contribution in [0.2, 0.25) is 0 Å². The molecule has 1 rings (SSSR count). The molecule has 1 heteroatoms. The van der Waals surface area contributed by atoms with Crippen LogP contribution >= 0.6 is 0 Å². The Bertz CT molecular complexity index is 300. The molecule has 12 heavy (non-hydrogen) atoms. The molecule has 0 fully saturated rings. The van der Waals surface area contributed by atoms with Crippen molar-refractivity contribution in [2.75, 3.05) is 0 Å². The van der Waals surface area contributed by atoms with Crippen LogP contribution in [-0.4, -0.2) is 5.11 Å². The molecule has 0 saturated heterocycles. The fourth-order valence-corrected chi connectivity index (χ4v) is 1.26. The summed E-state index contributed by atoms with van der Waals surface area (Å²) in [6, 6.07) is 3.81. The molecular weight excluding hydrogens is 148 g/mol. The van der Waals surface area contributed by atoms with Gasteiger partial charge in [0, 0.05) is 0 Å². The van der Waals surface area contributed by atoms with E-state index in [0.717, 1.165) is 17.5 Å². The zero-order chi connectivity index (χ0) is 9.14. The summed E-state index contributed by atoms with van der Waals surface area (Å²) in [5.74, 6) is 0.373. The van der Waals surface area contributed by atoms with Gasteiger partial charge in [-0.1, -0.05) is 12.1 Å². The Labute approximate surface area is 73.4 Å². The highest BCUT2D eigenvalue weighted by Gasteiger charge is 2.01. The molecule has 0 atom stereocenters. The smallest absolute Gasteiger partial charge is 0.118 e. The van der Waals surface area contributed by atoms with E-state index in [-0.39, 0.29) is 0 Å². The van der Waals surface area contributed by atoms with E-state index in [1.165, 1.54) is 5.56 Å². The van der Waals surface area contributed by atoms with Gasteiger partial charge in [-0.15, -0.1) is 6.58 Å². The fraction of sp³-hybridized carbons (Fsp3) is 0.273. The molecule has 0 radical (unpaired) electrons. The van der Waals surface area contributed by atoms with E-state index in [1.54, 1.807) is 0 Å². The maximum atomic E-state index is 9.42. The van der Waals surface area contributed by atoms with E-state index in [9.17, 15) is 5.11 Å². The van der Waals surface area contributed by atoms with E-state index in [4.69, 9.17) is 0 Å². The topological polar surface area (TPSA) is 20.2 Å². The maximum Gasteiger partial charge on any atom is 0.118 e. The largest absolute Gasteiger partial charge is 0.508 e. The third kappa shape index (κ3) is 1.67. The molecule has 0 heterocycles. The van der Waals surface area contributed by atoms with Crippen molar-refractivity contribution in [3.63, 3.8) is 0 Å². The van der Waals surface area contributed by atoms with Crippen LogP contribution in [0.3, 0.4) is 0 Å². The second-order valence-electron chi connectivity index (χ2n) is 3.06. The van der Waals surface area contributed by atoms with Crippen molar-refractivity contribution in [1.29, 1.82) is 0 Å². The lowest BCUT2D eigenvalue weighted by Gasteiger charge is -2.06. The standard InChI is InChI=1S/C11H14O/c1-4-5-10-7-11(12)9(3)6-8(10)2/h4,6-7,12H,1,5H2,2-3H3. The number of hydrogen-bond donors (Lipinski definition) is 1. The Morgan fingerprint density at radius 3 is 2.58 bits per heavy atom. The molecule has 0 aromatic heterocycles. The predicted octanol–water partition coefficient (Wildman–Crippen LogP) is 2.74. The molecule has 1 N–H and O–H groups in total. The van der Waals surface area contributed by atoms with Gasteiger partial charge in [-0.3, -0.25) is 0 Å². The summed E-state index contributed by atoms with van der Waals surface area (Å²) >= 11 is 0. The summed E-state index contributed by atoms with van der Waals surface area (Å²) in [6.07, 6.45) is 2.66. The van der Waals surface area contributed by atoms with Crippen molar-refractivity contribution in [3.05, 3.63) is 41.5 Å². The Balaban J connectivity index is 3.13. The molecule has 0 aliphatic rings. The summed E-state index contributed by atoms with van der Waals surface area (Å²) in [5.41, 5.74) is 3.29. The quantitative estimate of drug-likeness (QED) is 0.663. The number of benzene rings is 1. The van der Waals surface area contributed by atoms with Crippen LogP contribution in [0, 0.1) is 13.8 Å². The SMILES string of the molecule is C=CCc1cc(O)c(C)cc1C. The van der Waals surface area contributed by atoms with Crippen LogP contribution in [-0.2, 0) is 6.42 Å². The fourth-order valence-electron chi connectivity index (χ4n) is 1.26. The number of allylic oxidation sites excluding steroid dienone is 1. The van der Waals surface area contributed by atoms with Crippen LogP contribution < -0.4 is 0 Å². The Kier molecular flexibility index (Phi) is 2.54. The first kappa shape index (κ1) is 8.85. The van der Waals surface area contributed by atoms with Gasteiger partial charge in [0.1, 0.15) is 5.75 Å². The van der Waals surface area contributed by atoms with Gasteiger partial charge >= 0.3 is 0 Å². The predicted molar refractivity (Wildman–Crippen MR) is 51.5 cm³/mol. The lowest BCUT2D eigenvalue weighted by molar-refractivity contribution is 0.470. The van der Waals surface area contributed by atoms with Crippen LogP contribution in [0.5, 0.6) is 5.75 Å². The first-order valence-electron chi connectivity index (χ1n) is 4.05. The highest BCUT2D eigenvalue weighted by Crippen LogP contribution is 2.21. The van der Waals surface area contributed by atoms with Gasteiger partial charge in [-0.2, -0.15) is 0 Å². The van der Waals surface area contributed by atoms with E-state index < -0.39 is 0 Å². The average Bonchev–Trinajstić information content (AvgIpc) is 2.01. The lowest BCUT2D eigenvalue weighted by Crippen LogP contribution is -1.88. The summed E-state index contributed by atoms with van der Waals surface area (Å²) in [7, 11) is 0. The normalized spacial score (nSPS) is 9.83. The summed E-state index contributed by atoms with van der Waals surface area (Å²) in [4.78, 5) is 0. The number of aryl methyl sites for hydroxylation is 2. The maximum absolute atomic E-state index is 9.42. The van der Waals surface area contributed by atoms with Crippen molar-refractivity contribution in [2.24, 2.45) is 0 Å². The number of aromatic hydroxyl groups is 1. The van der Waals surface area contributed by atoms with E-state index >= 15 is 0 Å². The highest BCUT2D eigenvalue weighted by molar-refractivity contribution is 5.41. The third-order valence-electron chi connectivity index (χ3n) is 2.02. The van der Waals surface area contributed by atoms with Crippen LogP contribution in [0.15, 0.2) is 24.8 Å². The molecular formula is C11H14O. The van der Waals surface area contributed by atoms with Gasteiger partial charge < -0.3 is 5.11 Å². The number of phenols is 1. The molecule has 64 valence electrons. The van der Waals surface area contributed by atoms with Gasteiger partial charge in [0.2, 0.25) is 0 Å². The molecule has 0 saturated carbocycles. The Hall–Kier alpha value is -1.24. The lowest BCUT2D eigenvalue weighted by atomic mass is 10.0. The van der Waals surface area contributed by atoms with Crippen LogP contribution in [0.25, 0.3) is 0 Å². The zero-order valence-corrected chi connectivity index (χ0v) is 7.59. The molecule has 1 nitrogen and oxygen atoms in total. The third-order valence-corrected chi connectivity index (χ3v) is 2.02. The summed E-state index contributed by atoms with van der Waals surface area (Å²) in [6.45, 7) is 7.62. The number of rotatable bonds is 2. The van der Waals surface area contributed by atoms with Crippen molar-refractivity contribution in [3.8, 4) is 5.75 Å². The van der Waals surface area contributed by atoms with Crippen molar-refractivity contribution in [2.45, 2.75) is 20.3 Å². The van der Waals surface area contributed by atoms with Gasteiger partial charge in [0.05, 0.1) is 0 Å². The monoisotopic (exact) mass is 162 g/mol. The first-order chi connectivity index (χ1) is 5.65. The zero-order valence-electron chi connectivity index (χ0n) is 7.59. The molecule has 0 aliphatic heterocycles. The van der Waals surface area contributed by atoms with E-state index in [0.29, 0.717) is 5.75 Å². The highest BCUT2D eigenvalue weighted by atomic mass is 16.3. The van der Waals surface area contributed by atoms with Gasteiger partial charge in [-0.25, -0.2) is 0 Å². The second-order valence-corrected chi connectivity index (χ2v) is 3.06. The second kappa shape index (κ2) is 3.44. The molecule has 0 unspecified atom stereocenters. The molecule has 1 aromatic carbocycles. The number of hydrogen-bond acceptors (Lipinski definition) is 1.